The number of ether oxygens (including phenoxy) is 1. The number of methoxy groups -OCH3 is 1. The number of hydrogen-bond acceptors (Lipinski definition) is 6. The Kier molecular flexibility index (Phi) is 4.99. The van der Waals surface area contributed by atoms with E-state index in [4.69, 9.17) is 19.7 Å². The molecule has 0 spiro atoms. The van der Waals surface area contributed by atoms with E-state index >= 15 is 0 Å². The van der Waals surface area contributed by atoms with E-state index in [1.165, 1.54) is 0 Å². The Bertz CT molecular complexity index is 1560. The molecule has 32 heavy (non-hydrogen) atoms. The minimum Gasteiger partial charge on any atom is -0.383 e. The lowest BCUT2D eigenvalue weighted by molar-refractivity contribution is 0.185. The second kappa shape index (κ2) is 7.97. The van der Waals surface area contributed by atoms with Crippen molar-refractivity contribution < 1.29 is 4.74 Å². The van der Waals surface area contributed by atoms with Gasteiger partial charge in [-0.15, -0.1) is 0 Å². The highest BCUT2D eigenvalue weighted by molar-refractivity contribution is 6.05. The lowest BCUT2D eigenvalue weighted by atomic mass is 10.2. The second-order valence-electron chi connectivity index (χ2n) is 7.66. The molecule has 5 aromatic rings. The third-order valence-corrected chi connectivity index (χ3v) is 5.41. The number of aromatic nitrogens is 5. The Morgan fingerprint density at radius 2 is 1.78 bits per heavy atom. The van der Waals surface area contributed by atoms with E-state index in [2.05, 4.69) is 5.10 Å². The molecule has 0 radical (unpaired) electrons. The Labute approximate surface area is 183 Å². The summed E-state index contributed by atoms with van der Waals surface area (Å²) in [6.45, 7) is 4.65. The van der Waals surface area contributed by atoms with E-state index in [1.54, 1.807) is 29.5 Å². The molecule has 3 aromatic heterocycles. The predicted octanol–water partition coefficient (Wildman–Crippen LogP) is 3.44. The minimum absolute atomic E-state index is 0.177. The van der Waals surface area contributed by atoms with E-state index in [0.29, 0.717) is 46.7 Å². The molecule has 0 unspecified atom stereocenters. The van der Waals surface area contributed by atoms with Crippen LogP contribution in [0.5, 0.6) is 0 Å². The largest absolute Gasteiger partial charge is 0.383 e. The van der Waals surface area contributed by atoms with Crippen LogP contribution in [0.1, 0.15) is 17.0 Å². The van der Waals surface area contributed by atoms with Gasteiger partial charge in [0.15, 0.2) is 11.3 Å². The van der Waals surface area contributed by atoms with E-state index in [9.17, 15) is 4.79 Å². The van der Waals surface area contributed by atoms with Crippen LogP contribution in [0.25, 0.3) is 33.2 Å². The smallest absolute Gasteiger partial charge is 0.265 e. The number of hydrogen-bond donors (Lipinski definition) is 0. The normalized spacial score (nSPS) is 12.0. The topological polar surface area (TPSA) is 87.2 Å². The SMILES string of the molecule is COCCn1c(C)nc2c(c1=O)c1nc3ccccc3nc1n2N=Cc1cccc(C)c1. The minimum atomic E-state index is -0.177. The first-order valence-corrected chi connectivity index (χ1v) is 10.3. The van der Waals surface area contributed by atoms with Crippen molar-refractivity contribution in [1.82, 2.24) is 24.2 Å². The molecule has 160 valence electrons. The first kappa shape index (κ1) is 20.0. The molecule has 0 aliphatic heterocycles. The maximum atomic E-state index is 13.5. The van der Waals surface area contributed by atoms with Crippen molar-refractivity contribution in [3.63, 3.8) is 0 Å². The van der Waals surface area contributed by atoms with Crippen molar-refractivity contribution in [3.05, 3.63) is 75.8 Å². The van der Waals surface area contributed by atoms with Gasteiger partial charge in [-0.25, -0.2) is 15.0 Å². The van der Waals surface area contributed by atoms with Crippen molar-refractivity contribution in [2.75, 3.05) is 13.7 Å². The Hall–Kier alpha value is -3.91. The zero-order valence-corrected chi connectivity index (χ0v) is 18.1. The van der Waals surface area contributed by atoms with Crippen LogP contribution in [0.2, 0.25) is 0 Å². The third-order valence-electron chi connectivity index (χ3n) is 5.41. The van der Waals surface area contributed by atoms with Crippen LogP contribution in [-0.2, 0) is 11.3 Å². The van der Waals surface area contributed by atoms with Crippen molar-refractivity contribution in [1.29, 1.82) is 0 Å². The lowest BCUT2D eigenvalue weighted by Gasteiger charge is -2.08. The average Bonchev–Trinajstić information content (AvgIpc) is 3.08. The van der Waals surface area contributed by atoms with Gasteiger partial charge in [0.2, 0.25) is 0 Å². The fraction of sp³-hybridized carbons (Fsp3) is 0.208. The molecule has 0 N–H and O–H groups in total. The maximum absolute atomic E-state index is 13.5. The summed E-state index contributed by atoms with van der Waals surface area (Å²) >= 11 is 0. The van der Waals surface area contributed by atoms with Gasteiger partial charge in [-0.05, 0) is 31.5 Å². The molecule has 8 heteroatoms. The number of nitrogens with zero attached hydrogens (tertiary/aromatic N) is 6. The molecular formula is C24H22N6O2. The highest BCUT2D eigenvalue weighted by atomic mass is 16.5. The zero-order valence-electron chi connectivity index (χ0n) is 18.1. The van der Waals surface area contributed by atoms with Crippen molar-refractivity contribution in [2.24, 2.45) is 5.10 Å². The summed E-state index contributed by atoms with van der Waals surface area (Å²) in [5.41, 5.74) is 4.77. The standard InChI is InChI=1S/C24H22N6O2/c1-15-7-6-8-17(13-15)14-25-30-22-20(24(31)29(11-12-32-3)16(2)26-22)21-23(30)28-19-10-5-4-9-18(19)27-21/h4-10,13-14H,11-12H2,1-3H3. The van der Waals surface area contributed by atoms with Crippen LogP contribution in [0, 0.1) is 13.8 Å². The highest BCUT2D eigenvalue weighted by Gasteiger charge is 2.21. The quantitative estimate of drug-likeness (QED) is 0.402. The van der Waals surface area contributed by atoms with Gasteiger partial charge in [0.25, 0.3) is 5.56 Å². The monoisotopic (exact) mass is 426 g/mol. The second-order valence-corrected chi connectivity index (χ2v) is 7.66. The van der Waals surface area contributed by atoms with Gasteiger partial charge < -0.3 is 4.74 Å². The Morgan fingerprint density at radius 3 is 2.53 bits per heavy atom. The molecular weight excluding hydrogens is 404 g/mol. The molecule has 5 rings (SSSR count). The summed E-state index contributed by atoms with van der Waals surface area (Å²) in [5, 5.41) is 5.07. The molecule has 0 saturated heterocycles. The van der Waals surface area contributed by atoms with Gasteiger partial charge in [-0.2, -0.15) is 9.78 Å². The number of aryl methyl sites for hydroxylation is 2. The highest BCUT2D eigenvalue weighted by Crippen LogP contribution is 2.25. The number of para-hydroxylation sites is 2. The third kappa shape index (κ3) is 3.34. The van der Waals surface area contributed by atoms with Crippen LogP contribution in [0.3, 0.4) is 0 Å². The van der Waals surface area contributed by atoms with E-state index < -0.39 is 0 Å². The first-order chi connectivity index (χ1) is 15.6. The molecule has 0 atom stereocenters. The van der Waals surface area contributed by atoms with Crippen LogP contribution in [-0.4, -0.2) is 44.1 Å². The zero-order chi connectivity index (χ0) is 22.2. The fourth-order valence-corrected chi connectivity index (χ4v) is 3.84. The van der Waals surface area contributed by atoms with E-state index in [0.717, 1.165) is 16.6 Å². The summed E-state index contributed by atoms with van der Waals surface area (Å²) in [5.74, 6) is 0.582. The van der Waals surface area contributed by atoms with E-state index in [-0.39, 0.29) is 5.56 Å². The van der Waals surface area contributed by atoms with Gasteiger partial charge in [-0.1, -0.05) is 42.0 Å². The summed E-state index contributed by atoms with van der Waals surface area (Å²) in [4.78, 5) is 27.7. The van der Waals surface area contributed by atoms with Gasteiger partial charge >= 0.3 is 0 Å². The van der Waals surface area contributed by atoms with Crippen LogP contribution >= 0.6 is 0 Å². The Balaban J connectivity index is 1.84. The molecule has 3 heterocycles. The lowest BCUT2D eigenvalue weighted by Crippen LogP contribution is -2.25. The molecule has 8 nitrogen and oxygen atoms in total. The van der Waals surface area contributed by atoms with Crippen molar-refractivity contribution >= 4 is 39.4 Å². The average molecular weight is 426 g/mol. The molecule has 0 bridgehead atoms. The molecule has 0 amide bonds. The number of benzene rings is 2. The van der Waals surface area contributed by atoms with Crippen molar-refractivity contribution in [2.45, 2.75) is 20.4 Å². The van der Waals surface area contributed by atoms with Gasteiger partial charge in [0.1, 0.15) is 16.7 Å². The molecule has 2 aromatic carbocycles. The summed E-state index contributed by atoms with van der Waals surface area (Å²) < 4.78 is 8.39. The molecule has 0 aliphatic rings. The van der Waals surface area contributed by atoms with Gasteiger partial charge in [0, 0.05) is 7.11 Å². The fourth-order valence-electron chi connectivity index (χ4n) is 3.84. The maximum Gasteiger partial charge on any atom is 0.265 e. The first-order valence-electron chi connectivity index (χ1n) is 10.3. The molecule has 0 fully saturated rings. The van der Waals surface area contributed by atoms with Crippen LogP contribution < -0.4 is 5.56 Å². The molecule has 0 saturated carbocycles. The van der Waals surface area contributed by atoms with Crippen molar-refractivity contribution in [3.8, 4) is 0 Å². The van der Waals surface area contributed by atoms with E-state index in [1.807, 2.05) is 55.5 Å². The summed E-state index contributed by atoms with van der Waals surface area (Å²) in [6, 6.07) is 15.6. The molecule has 0 aliphatic carbocycles. The number of rotatable bonds is 5. The summed E-state index contributed by atoms with van der Waals surface area (Å²) in [6.07, 6.45) is 1.75. The summed E-state index contributed by atoms with van der Waals surface area (Å²) in [7, 11) is 1.61. The van der Waals surface area contributed by atoms with Gasteiger partial charge in [-0.3, -0.25) is 9.36 Å². The van der Waals surface area contributed by atoms with Crippen LogP contribution in [0.15, 0.2) is 58.4 Å². The number of fused-ring (bicyclic) bond motifs is 4. The van der Waals surface area contributed by atoms with Crippen LogP contribution in [0.4, 0.5) is 0 Å². The predicted molar refractivity (Wildman–Crippen MR) is 125 cm³/mol. The Morgan fingerprint density at radius 1 is 1.00 bits per heavy atom. The van der Waals surface area contributed by atoms with Gasteiger partial charge in [0.05, 0.1) is 30.4 Å².